The monoisotopic (exact) mass is 451 g/mol. The Kier molecular flexibility index (Phi) is 7.03. The van der Waals surface area contributed by atoms with Gasteiger partial charge in [-0.15, -0.1) is 0 Å². The average Bonchev–Trinajstić information content (AvgIpc) is 2.73. The third-order valence-electron chi connectivity index (χ3n) is 4.30. The highest BCUT2D eigenvalue weighted by Crippen LogP contribution is 2.15. The molecule has 0 saturated heterocycles. The molecule has 0 aliphatic heterocycles. The van der Waals surface area contributed by atoms with Gasteiger partial charge < -0.3 is 15.5 Å². The normalized spacial score (nSPS) is 10.3. The first-order chi connectivity index (χ1) is 14.0. The fourth-order valence-electron chi connectivity index (χ4n) is 2.83. The van der Waals surface area contributed by atoms with Crippen LogP contribution in [0.15, 0.2) is 83.3 Å². The molecule has 6 heteroatoms. The second-order valence-corrected chi connectivity index (χ2v) is 7.55. The van der Waals surface area contributed by atoms with Crippen molar-refractivity contribution >= 4 is 39.1 Å². The van der Waals surface area contributed by atoms with Gasteiger partial charge in [-0.1, -0.05) is 52.3 Å². The number of nitrogens with zero attached hydrogens (tertiary/aromatic N) is 1. The van der Waals surface area contributed by atoms with Crippen LogP contribution >= 0.6 is 15.9 Å². The molecule has 0 spiro atoms. The zero-order chi connectivity index (χ0) is 20.6. The van der Waals surface area contributed by atoms with Crippen molar-refractivity contribution in [3.05, 3.63) is 94.5 Å². The smallest absolute Gasteiger partial charge is 0.253 e. The van der Waals surface area contributed by atoms with Crippen LogP contribution in [0.5, 0.6) is 0 Å². The van der Waals surface area contributed by atoms with Crippen LogP contribution in [0.1, 0.15) is 15.9 Å². The topological polar surface area (TPSA) is 61.4 Å². The number of benzene rings is 3. The molecule has 3 aromatic rings. The van der Waals surface area contributed by atoms with E-state index in [0.717, 1.165) is 15.7 Å². The number of hydrogen-bond acceptors (Lipinski definition) is 3. The van der Waals surface area contributed by atoms with E-state index in [1.54, 1.807) is 36.2 Å². The molecule has 0 aliphatic carbocycles. The van der Waals surface area contributed by atoms with Gasteiger partial charge in [0.15, 0.2) is 0 Å². The van der Waals surface area contributed by atoms with E-state index < -0.39 is 0 Å². The Morgan fingerprint density at radius 2 is 1.62 bits per heavy atom. The molecule has 29 heavy (non-hydrogen) atoms. The van der Waals surface area contributed by atoms with Crippen molar-refractivity contribution in [1.29, 1.82) is 0 Å². The van der Waals surface area contributed by atoms with Crippen LogP contribution in [-0.2, 0) is 11.3 Å². The van der Waals surface area contributed by atoms with Crippen molar-refractivity contribution in [3.63, 3.8) is 0 Å². The van der Waals surface area contributed by atoms with Gasteiger partial charge in [0.1, 0.15) is 0 Å². The molecule has 0 fully saturated rings. The minimum Gasteiger partial charge on any atom is -0.376 e. The van der Waals surface area contributed by atoms with E-state index in [2.05, 4.69) is 26.6 Å². The fourth-order valence-corrected chi connectivity index (χ4v) is 3.10. The number of amides is 2. The Morgan fingerprint density at radius 1 is 0.897 bits per heavy atom. The molecule has 0 heterocycles. The van der Waals surface area contributed by atoms with E-state index >= 15 is 0 Å². The number of hydrogen-bond donors (Lipinski definition) is 2. The molecule has 0 aromatic heterocycles. The van der Waals surface area contributed by atoms with Crippen LogP contribution in [0.3, 0.4) is 0 Å². The van der Waals surface area contributed by atoms with E-state index in [9.17, 15) is 9.59 Å². The first-order valence-corrected chi connectivity index (χ1v) is 9.99. The molecule has 0 bridgehead atoms. The number of halogens is 1. The summed E-state index contributed by atoms with van der Waals surface area (Å²) >= 11 is 3.38. The van der Waals surface area contributed by atoms with Gasteiger partial charge in [-0.25, -0.2) is 0 Å². The lowest BCUT2D eigenvalue weighted by molar-refractivity contribution is -0.114. The minimum absolute atomic E-state index is 0.0991. The van der Waals surface area contributed by atoms with Crippen molar-refractivity contribution < 1.29 is 9.59 Å². The lowest BCUT2D eigenvalue weighted by atomic mass is 10.1. The Balaban J connectivity index is 1.57. The molecule has 2 N–H and O–H groups in total. The van der Waals surface area contributed by atoms with E-state index in [0.29, 0.717) is 17.8 Å². The second kappa shape index (κ2) is 9.89. The SMILES string of the molecule is CN(Cc1ccccc1)C(=O)c1cccc(NC(=O)CNc2ccc(Br)cc2)c1. The van der Waals surface area contributed by atoms with Gasteiger partial charge in [0, 0.05) is 35.0 Å². The van der Waals surface area contributed by atoms with Crippen molar-refractivity contribution in [1.82, 2.24) is 4.90 Å². The maximum atomic E-state index is 12.7. The third-order valence-corrected chi connectivity index (χ3v) is 4.83. The van der Waals surface area contributed by atoms with Gasteiger partial charge in [0.25, 0.3) is 5.91 Å². The van der Waals surface area contributed by atoms with E-state index in [1.807, 2.05) is 54.6 Å². The van der Waals surface area contributed by atoms with Gasteiger partial charge in [0.05, 0.1) is 6.54 Å². The number of nitrogens with one attached hydrogen (secondary N) is 2. The summed E-state index contributed by atoms with van der Waals surface area (Å²) < 4.78 is 0.978. The number of carbonyl (C=O) groups excluding carboxylic acids is 2. The summed E-state index contributed by atoms with van der Waals surface area (Å²) in [6.07, 6.45) is 0. The number of rotatable bonds is 7. The van der Waals surface area contributed by atoms with E-state index in [4.69, 9.17) is 0 Å². The summed E-state index contributed by atoms with van der Waals surface area (Å²) in [7, 11) is 1.77. The van der Waals surface area contributed by atoms with E-state index in [-0.39, 0.29) is 18.4 Å². The van der Waals surface area contributed by atoms with Crippen molar-refractivity contribution in [3.8, 4) is 0 Å². The minimum atomic E-state index is -0.185. The van der Waals surface area contributed by atoms with Gasteiger partial charge in [-0.2, -0.15) is 0 Å². The highest BCUT2D eigenvalue weighted by Gasteiger charge is 2.13. The van der Waals surface area contributed by atoms with Gasteiger partial charge in [-0.05, 0) is 48.0 Å². The second-order valence-electron chi connectivity index (χ2n) is 6.64. The molecule has 0 radical (unpaired) electrons. The summed E-state index contributed by atoms with van der Waals surface area (Å²) in [5.41, 5.74) is 3.04. The first kappa shape index (κ1) is 20.6. The quantitative estimate of drug-likeness (QED) is 0.543. The summed E-state index contributed by atoms with van der Waals surface area (Å²) in [6.45, 7) is 0.654. The lowest BCUT2D eigenvalue weighted by Gasteiger charge is -2.18. The first-order valence-electron chi connectivity index (χ1n) is 9.20. The average molecular weight is 452 g/mol. The lowest BCUT2D eigenvalue weighted by Crippen LogP contribution is -2.26. The molecular formula is C23H22BrN3O2. The Morgan fingerprint density at radius 3 is 2.34 bits per heavy atom. The molecule has 3 aromatic carbocycles. The largest absolute Gasteiger partial charge is 0.376 e. The Bertz CT molecular complexity index is 975. The molecule has 148 valence electrons. The van der Waals surface area contributed by atoms with Crippen LogP contribution in [0.25, 0.3) is 0 Å². The summed E-state index contributed by atoms with van der Waals surface area (Å²) in [5.74, 6) is -0.284. The van der Waals surface area contributed by atoms with Crippen LogP contribution in [0.4, 0.5) is 11.4 Å². The fraction of sp³-hybridized carbons (Fsp3) is 0.130. The maximum Gasteiger partial charge on any atom is 0.253 e. The summed E-state index contributed by atoms with van der Waals surface area (Å²) in [5, 5.41) is 5.89. The molecule has 0 aliphatic rings. The number of anilines is 2. The number of carbonyl (C=O) groups is 2. The molecule has 2 amide bonds. The standard InChI is InChI=1S/C23H22BrN3O2/c1-27(16-17-6-3-2-4-7-17)23(29)18-8-5-9-21(14-18)26-22(28)15-25-20-12-10-19(24)11-13-20/h2-14,25H,15-16H2,1H3,(H,26,28). The van der Waals surface area contributed by atoms with Crippen LogP contribution in [0, 0.1) is 0 Å². The highest BCUT2D eigenvalue weighted by molar-refractivity contribution is 9.10. The highest BCUT2D eigenvalue weighted by atomic mass is 79.9. The predicted molar refractivity (Wildman–Crippen MR) is 120 cm³/mol. The van der Waals surface area contributed by atoms with Crippen molar-refractivity contribution in [2.24, 2.45) is 0 Å². The van der Waals surface area contributed by atoms with E-state index in [1.165, 1.54) is 0 Å². The van der Waals surface area contributed by atoms with Crippen molar-refractivity contribution in [2.45, 2.75) is 6.54 Å². The molecule has 0 saturated carbocycles. The van der Waals surface area contributed by atoms with Crippen LogP contribution in [-0.4, -0.2) is 30.3 Å². The van der Waals surface area contributed by atoms with Gasteiger partial charge >= 0.3 is 0 Å². The van der Waals surface area contributed by atoms with Crippen LogP contribution < -0.4 is 10.6 Å². The zero-order valence-electron chi connectivity index (χ0n) is 16.1. The Labute approximate surface area is 178 Å². The van der Waals surface area contributed by atoms with Crippen LogP contribution in [0.2, 0.25) is 0 Å². The molecule has 0 atom stereocenters. The van der Waals surface area contributed by atoms with Gasteiger partial charge in [-0.3, -0.25) is 9.59 Å². The molecule has 5 nitrogen and oxygen atoms in total. The third kappa shape index (κ3) is 6.19. The predicted octanol–water partition coefficient (Wildman–Crippen LogP) is 4.77. The molecular weight excluding hydrogens is 430 g/mol. The van der Waals surface area contributed by atoms with Crippen molar-refractivity contribution in [2.75, 3.05) is 24.2 Å². The Hall–Kier alpha value is -3.12. The summed E-state index contributed by atoms with van der Waals surface area (Å²) in [4.78, 5) is 26.6. The summed E-state index contributed by atoms with van der Waals surface area (Å²) in [6, 6.07) is 24.4. The van der Waals surface area contributed by atoms with Gasteiger partial charge in [0.2, 0.25) is 5.91 Å². The molecule has 0 unspecified atom stereocenters. The maximum absolute atomic E-state index is 12.7. The zero-order valence-corrected chi connectivity index (χ0v) is 17.6. The molecule has 3 rings (SSSR count).